The molecule has 21 heavy (non-hydrogen) atoms. The summed E-state index contributed by atoms with van der Waals surface area (Å²) in [5.74, 6) is -0.274. The highest BCUT2D eigenvalue weighted by Crippen LogP contribution is 2.11. The van der Waals surface area contributed by atoms with E-state index < -0.39 is 0 Å². The number of benzene rings is 2. The second-order valence-electron chi connectivity index (χ2n) is 5.23. The largest absolute Gasteiger partial charge is 0.465 e. The van der Waals surface area contributed by atoms with Gasteiger partial charge in [-0.2, -0.15) is 0 Å². The van der Waals surface area contributed by atoms with Gasteiger partial charge in [0.25, 0.3) is 0 Å². The first-order valence-corrected chi connectivity index (χ1v) is 7.51. The van der Waals surface area contributed by atoms with Crippen LogP contribution in [0.25, 0.3) is 0 Å². The Labute approximate surface area is 126 Å². The Bertz CT molecular complexity index is 544. The van der Waals surface area contributed by atoms with Crippen LogP contribution in [-0.2, 0) is 17.6 Å². The molecule has 2 aromatic rings. The van der Waals surface area contributed by atoms with Crippen molar-refractivity contribution in [2.45, 2.75) is 32.1 Å². The lowest BCUT2D eigenvalue weighted by molar-refractivity contribution is 0.0600. The molecule has 0 aliphatic carbocycles. The maximum absolute atomic E-state index is 11.3. The second kappa shape index (κ2) is 8.25. The number of hydrogen-bond donors (Lipinski definition) is 0. The average Bonchev–Trinajstić information content (AvgIpc) is 2.55. The molecule has 0 fully saturated rings. The van der Waals surface area contributed by atoms with E-state index in [0.717, 1.165) is 12.8 Å². The van der Waals surface area contributed by atoms with Gasteiger partial charge >= 0.3 is 5.97 Å². The third-order valence-corrected chi connectivity index (χ3v) is 3.65. The average molecular weight is 282 g/mol. The standard InChI is InChI=1S/C19H22O2/c1-21-19(20)18-14-12-17(13-15-18)11-7-3-6-10-16-8-4-2-5-9-16/h2,4-5,8-9,12-15H,3,6-7,10-11H2,1H3. The minimum absolute atomic E-state index is 0.274. The van der Waals surface area contributed by atoms with Crippen LogP contribution < -0.4 is 0 Å². The van der Waals surface area contributed by atoms with Gasteiger partial charge in [0, 0.05) is 0 Å². The fourth-order valence-electron chi connectivity index (χ4n) is 2.41. The molecule has 0 N–H and O–H groups in total. The molecular formula is C19H22O2. The molecule has 0 aliphatic heterocycles. The van der Waals surface area contributed by atoms with Crippen LogP contribution in [0.2, 0.25) is 0 Å². The molecule has 110 valence electrons. The molecule has 0 saturated carbocycles. The molecule has 2 heteroatoms. The van der Waals surface area contributed by atoms with Crippen LogP contribution >= 0.6 is 0 Å². The van der Waals surface area contributed by atoms with Crippen molar-refractivity contribution in [3.63, 3.8) is 0 Å². The van der Waals surface area contributed by atoms with Crippen LogP contribution in [-0.4, -0.2) is 13.1 Å². The zero-order valence-electron chi connectivity index (χ0n) is 12.5. The molecule has 0 aliphatic rings. The van der Waals surface area contributed by atoms with E-state index in [1.807, 2.05) is 24.3 Å². The zero-order valence-corrected chi connectivity index (χ0v) is 12.5. The van der Waals surface area contributed by atoms with Crippen molar-refractivity contribution < 1.29 is 9.53 Å². The van der Waals surface area contributed by atoms with E-state index in [0.29, 0.717) is 5.56 Å². The fourth-order valence-corrected chi connectivity index (χ4v) is 2.41. The highest BCUT2D eigenvalue weighted by atomic mass is 16.5. The van der Waals surface area contributed by atoms with Gasteiger partial charge in [0.15, 0.2) is 0 Å². The summed E-state index contributed by atoms with van der Waals surface area (Å²) in [5, 5.41) is 0. The molecule has 0 unspecified atom stereocenters. The molecule has 0 bridgehead atoms. The van der Waals surface area contributed by atoms with Crippen molar-refractivity contribution >= 4 is 5.97 Å². The first-order chi connectivity index (χ1) is 10.3. The van der Waals surface area contributed by atoms with E-state index in [2.05, 4.69) is 30.3 Å². The van der Waals surface area contributed by atoms with Gasteiger partial charge in [-0.1, -0.05) is 48.9 Å². The molecule has 2 aromatic carbocycles. The van der Waals surface area contributed by atoms with Gasteiger partial charge in [-0.15, -0.1) is 0 Å². The van der Waals surface area contributed by atoms with Crippen molar-refractivity contribution in [2.75, 3.05) is 7.11 Å². The number of unbranched alkanes of at least 4 members (excludes halogenated alkanes) is 2. The first-order valence-electron chi connectivity index (χ1n) is 7.51. The normalized spacial score (nSPS) is 10.3. The Morgan fingerprint density at radius 1 is 0.810 bits per heavy atom. The maximum atomic E-state index is 11.3. The highest BCUT2D eigenvalue weighted by molar-refractivity contribution is 5.89. The summed E-state index contributed by atoms with van der Waals surface area (Å²) in [6.07, 6.45) is 5.86. The molecule has 0 aromatic heterocycles. The molecule has 0 atom stereocenters. The Morgan fingerprint density at radius 3 is 1.95 bits per heavy atom. The van der Waals surface area contributed by atoms with Crippen molar-refractivity contribution in [1.29, 1.82) is 0 Å². The lowest BCUT2D eigenvalue weighted by Gasteiger charge is -2.04. The third kappa shape index (κ3) is 5.07. The number of methoxy groups -OCH3 is 1. The predicted molar refractivity (Wildman–Crippen MR) is 85.5 cm³/mol. The van der Waals surface area contributed by atoms with Crippen molar-refractivity contribution in [2.24, 2.45) is 0 Å². The van der Waals surface area contributed by atoms with Gasteiger partial charge < -0.3 is 4.74 Å². The summed E-state index contributed by atoms with van der Waals surface area (Å²) in [6, 6.07) is 18.3. The van der Waals surface area contributed by atoms with Crippen LogP contribution in [0, 0.1) is 0 Å². The smallest absolute Gasteiger partial charge is 0.337 e. The molecule has 2 nitrogen and oxygen atoms in total. The number of ether oxygens (including phenoxy) is 1. The van der Waals surface area contributed by atoms with Crippen LogP contribution in [0.3, 0.4) is 0 Å². The Kier molecular flexibility index (Phi) is 6.01. The van der Waals surface area contributed by atoms with Crippen molar-refractivity contribution in [3.8, 4) is 0 Å². The molecule has 0 amide bonds. The van der Waals surface area contributed by atoms with Gasteiger partial charge in [0.05, 0.1) is 12.7 Å². The van der Waals surface area contributed by atoms with Crippen LogP contribution in [0.1, 0.15) is 40.7 Å². The topological polar surface area (TPSA) is 26.3 Å². The maximum Gasteiger partial charge on any atom is 0.337 e. The van der Waals surface area contributed by atoms with Gasteiger partial charge in [-0.25, -0.2) is 4.79 Å². The van der Waals surface area contributed by atoms with Gasteiger partial charge in [-0.3, -0.25) is 0 Å². The van der Waals surface area contributed by atoms with Crippen molar-refractivity contribution in [3.05, 3.63) is 71.3 Å². The summed E-state index contributed by atoms with van der Waals surface area (Å²) < 4.78 is 4.69. The number of rotatable bonds is 7. The monoisotopic (exact) mass is 282 g/mol. The fraction of sp³-hybridized carbons (Fsp3) is 0.316. The number of carbonyl (C=O) groups excluding carboxylic acids is 1. The van der Waals surface area contributed by atoms with E-state index in [-0.39, 0.29) is 5.97 Å². The van der Waals surface area contributed by atoms with Crippen LogP contribution in [0.5, 0.6) is 0 Å². The van der Waals surface area contributed by atoms with E-state index in [9.17, 15) is 4.79 Å². The summed E-state index contributed by atoms with van der Waals surface area (Å²) in [4.78, 5) is 11.3. The lowest BCUT2D eigenvalue weighted by atomic mass is 10.0. The van der Waals surface area contributed by atoms with Crippen LogP contribution in [0.4, 0.5) is 0 Å². The minimum Gasteiger partial charge on any atom is -0.465 e. The summed E-state index contributed by atoms with van der Waals surface area (Å²) in [6.45, 7) is 0. The van der Waals surface area contributed by atoms with Crippen LogP contribution in [0.15, 0.2) is 54.6 Å². The molecule has 2 rings (SSSR count). The van der Waals surface area contributed by atoms with E-state index in [1.165, 1.54) is 37.5 Å². The second-order valence-corrected chi connectivity index (χ2v) is 5.23. The molecule has 0 saturated heterocycles. The molecular weight excluding hydrogens is 260 g/mol. The predicted octanol–water partition coefficient (Wildman–Crippen LogP) is 4.43. The number of carbonyl (C=O) groups is 1. The zero-order chi connectivity index (χ0) is 14.9. The van der Waals surface area contributed by atoms with Gasteiger partial charge in [0.1, 0.15) is 0 Å². The van der Waals surface area contributed by atoms with Gasteiger partial charge in [0.2, 0.25) is 0 Å². The quantitative estimate of drug-likeness (QED) is 0.555. The number of hydrogen-bond acceptors (Lipinski definition) is 2. The lowest BCUT2D eigenvalue weighted by Crippen LogP contribution is -2.00. The van der Waals surface area contributed by atoms with E-state index in [1.54, 1.807) is 0 Å². The molecule has 0 heterocycles. The van der Waals surface area contributed by atoms with Gasteiger partial charge in [-0.05, 0) is 48.9 Å². The summed E-state index contributed by atoms with van der Waals surface area (Å²) in [5.41, 5.74) is 3.31. The molecule has 0 radical (unpaired) electrons. The Morgan fingerprint density at radius 2 is 1.38 bits per heavy atom. The highest BCUT2D eigenvalue weighted by Gasteiger charge is 2.04. The summed E-state index contributed by atoms with van der Waals surface area (Å²) >= 11 is 0. The summed E-state index contributed by atoms with van der Waals surface area (Å²) in [7, 11) is 1.41. The number of esters is 1. The third-order valence-electron chi connectivity index (χ3n) is 3.65. The first kappa shape index (κ1) is 15.3. The Balaban J connectivity index is 1.68. The molecule has 0 spiro atoms. The Hall–Kier alpha value is -2.09. The van der Waals surface area contributed by atoms with Crippen molar-refractivity contribution in [1.82, 2.24) is 0 Å². The SMILES string of the molecule is COC(=O)c1ccc(CCCCCc2ccccc2)cc1. The number of aryl methyl sites for hydroxylation is 2. The van der Waals surface area contributed by atoms with E-state index >= 15 is 0 Å². The van der Waals surface area contributed by atoms with E-state index in [4.69, 9.17) is 4.74 Å². The minimum atomic E-state index is -0.274.